The van der Waals surface area contributed by atoms with Crippen LogP contribution in [0.2, 0.25) is 5.02 Å². The number of hydrogen-bond donors (Lipinski definition) is 2. The molecule has 2 aliphatic heterocycles. The minimum absolute atomic E-state index is 0.136. The second kappa shape index (κ2) is 8.26. The number of benzene rings is 1. The van der Waals surface area contributed by atoms with E-state index >= 15 is 0 Å². The average molecular weight is 455 g/mol. The van der Waals surface area contributed by atoms with Gasteiger partial charge in [0.1, 0.15) is 0 Å². The van der Waals surface area contributed by atoms with E-state index in [9.17, 15) is 9.59 Å². The first-order chi connectivity index (χ1) is 15.4. The Bertz CT molecular complexity index is 1160. The molecule has 3 aromatic rings. The number of anilines is 1. The van der Waals surface area contributed by atoms with Crippen molar-refractivity contribution in [3.05, 3.63) is 47.2 Å². The third kappa shape index (κ3) is 4.00. The van der Waals surface area contributed by atoms with Gasteiger partial charge in [0.25, 0.3) is 0 Å². The van der Waals surface area contributed by atoms with Gasteiger partial charge in [0.05, 0.1) is 0 Å². The maximum absolute atomic E-state index is 12.9. The van der Waals surface area contributed by atoms with Crippen LogP contribution in [-0.2, 0) is 11.3 Å². The molecule has 32 heavy (non-hydrogen) atoms. The molecule has 0 aliphatic carbocycles. The number of likely N-dealkylation sites (tertiary alicyclic amines) is 2. The second-order valence-corrected chi connectivity index (χ2v) is 9.31. The zero-order valence-corrected chi connectivity index (χ0v) is 18.9. The Kier molecular flexibility index (Phi) is 5.43. The molecule has 2 aromatic heterocycles. The van der Waals surface area contributed by atoms with E-state index in [-0.39, 0.29) is 17.5 Å². The number of hydrogen-bond acceptors (Lipinski definition) is 4. The van der Waals surface area contributed by atoms with Crippen molar-refractivity contribution in [2.75, 3.05) is 25.0 Å². The summed E-state index contributed by atoms with van der Waals surface area (Å²) >= 11 is 6.14. The molecule has 5 rings (SSSR count). The van der Waals surface area contributed by atoms with Gasteiger partial charge < -0.3 is 15.2 Å². The number of aromatic nitrogens is 3. The number of nitrogens with zero attached hydrogens (tertiary/aromatic N) is 4. The molecule has 9 heteroatoms. The molecule has 1 aromatic carbocycles. The minimum Gasteiger partial charge on any atom is -0.357 e. The molecule has 2 N–H and O–H groups in total. The second-order valence-electron chi connectivity index (χ2n) is 8.87. The molecule has 4 heterocycles. The molecule has 1 spiro atoms. The lowest BCUT2D eigenvalue weighted by atomic mass is 9.85. The lowest BCUT2D eigenvalue weighted by molar-refractivity contribution is -0.114. The summed E-state index contributed by atoms with van der Waals surface area (Å²) in [6, 6.07) is 9.61. The van der Waals surface area contributed by atoms with Gasteiger partial charge in [-0.2, -0.15) is 4.68 Å². The van der Waals surface area contributed by atoms with Crippen LogP contribution >= 0.6 is 11.6 Å². The Morgan fingerprint density at radius 2 is 1.97 bits per heavy atom. The third-order valence-electron chi connectivity index (χ3n) is 6.79. The number of amides is 2. The SMILES string of the molecule is CC(=O)Nc1ccn(C(=O)N2CCC3(CCCN3Cc3cc4cc(Cl)ccc4[nH]3)CC2)n1. The average Bonchev–Trinajstić information content (AvgIpc) is 3.47. The largest absolute Gasteiger partial charge is 0.357 e. The van der Waals surface area contributed by atoms with E-state index in [0.29, 0.717) is 18.9 Å². The molecule has 0 atom stereocenters. The molecule has 8 nitrogen and oxygen atoms in total. The fourth-order valence-corrected chi connectivity index (χ4v) is 5.38. The van der Waals surface area contributed by atoms with Crippen molar-refractivity contribution in [3.8, 4) is 0 Å². The fourth-order valence-electron chi connectivity index (χ4n) is 5.20. The van der Waals surface area contributed by atoms with E-state index in [2.05, 4.69) is 26.4 Å². The molecule has 0 unspecified atom stereocenters. The van der Waals surface area contributed by atoms with Gasteiger partial charge in [-0.05, 0) is 56.5 Å². The van der Waals surface area contributed by atoms with Gasteiger partial charge in [-0.3, -0.25) is 9.69 Å². The number of nitrogens with one attached hydrogen (secondary N) is 2. The van der Waals surface area contributed by atoms with E-state index in [1.807, 2.05) is 23.1 Å². The molecule has 168 valence electrons. The van der Waals surface area contributed by atoms with E-state index in [1.165, 1.54) is 23.7 Å². The van der Waals surface area contributed by atoms with E-state index in [4.69, 9.17) is 11.6 Å². The summed E-state index contributed by atoms with van der Waals surface area (Å²) in [5, 5.41) is 8.67. The monoisotopic (exact) mass is 454 g/mol. The quantitative estimate of drug-likeness (QED) is 0.624. The van der Waals surface area contributed by atoms with Crippen LogP contribution in [0, 0.1) is 0 Å². The van der Waals surface area contributed by atoms with Crippen LogP contribution in [0.1, 0.15) is 38.3 Å². The summed E-state index contributed by atoms with van der Waals surface area (Å²) < 4.78 is 1.31. The zero-order valence-electron chi connectivity index (χ0n) is 18.1. The Balaban J connectivity index is 1.24. The minimum atomic E-state index is -0.206. The smallest absolute Gasteiger partial charge is 0.344 e. The van der Waals surface area contributed by atoms with Crippen LogP contribution in [0.25, 0.3) is 10.9 Å². The van der Waals surface area contributed by atoms with Crippen LogP contribution in [0.4, 0.5) is 10.6 Å². The number of aromatic amines is 1. The normalized spacial score (nSPS) is 18.5. The molecule has 0 bridgehead atoms. The van der Waals surface area contributed by atoms with E-state index in [0.717, 1.165) is 48.3 Å². The number of fused-ring (bicyclic) bond motifs is 1. The van der Waals surface area contributed by atoms with Crippen LogP contribution in [0.15, 0.2) is 36.5 Å². The Hall–Kier alpha value is -2.84. The predicted molar refractivity (Wildman–Crippen MR) is 124 cm³/mol. The van der Waals surface area contributed by atoms with Gasteiger partial charge >= 0.3 is 6.03 Å². The Morgan fingerprint density at radius 1 is 1.16 bits per heavy atom. The maximum Gasteiger partial charge on any atom is 0.344 e. The number of carbonyl (C=O) groups is 2. The van der Waals surface area contributed by atoms with Gasteiger partial charge in [-0.15, -0.1) is 5.10 Å². The van der Waals surface area contributed by atoms with Crippen molar-refractivity contribution >= 4 is 40.3 Å². The zero-order chi connectivity index (χ0) is 22.3. The predicted octanol–water partition coefficient (Wildman–Crippen LogP) is 4.07. The maximum atomic E-state index is 12.9. The number of piperidine rings is 1. The first-order valence-electron chi connectivity index (χ1n) is 11.1. The number of H-pyrrole nitrogens is 1. The highest BCUT2D eigenvalue weighted by molar-refractivity contribution is 6.31. The van der Waals surface area contributed by atoms with Crippen molar-refractivity contribution in [2.45, 2.75) is 44.7 Å². The van der Waals surface area contributed by atoms with Crippen LogP contribution in [0.3, 0.4) is 0 Å². The summed E-state index contributed by atoms with van der Waals surface area (Å²) in [7, 11) is 0. The standard InChI is InChI=1S/C23H27ClN6O2/c1-16(31)25-21-5-10-30(27-21)22(32)28-11-7-23(8-12-28)6-2-9-29(23)15-19-14-17-13-18(24)3-4-20(17)26-19/h3-5,10,13-14,26H,2,6-9,11-12,15H2,1H3,(H,25,27,31). The fraction of sp³-hybridized carbons (Fsp3) is 0.435. The Morgan fingerprint density at radius 3 is 2.75 bits per heavy atom. The van der Waals surface area contributed by atoms with E-state index < -0.39 is 0 Å². The lowest BCUT2D eigenvalue weighted by Crippen LogP contribution is -2.53. The van der Waals surface area contributed by atoms with Gasteiger partial charge in [-0.25, -0.2) is 4.79 Å². The number of halogens is 1. The van der Waals surface area contributed by atoms with Crippen LogP contribution < -0.4 is 5.32 Å². The lowest BCUT2D eigenvalue weighted by Gasteiger charge is -2.44. The van der Waals surface area contributed by atoms with Crippen molar-refractivity contribution < 1.29 is 9.59 Å². The van der Waals surface area contributed by atoms with Gasteiger partial charge in [0, 0.05) is 66.0 Å². The number of rotatable bonds is 3. The van der Waals surface area contributed by atoms with Gasteiger partial charge in [-0.1, -0.05) is 11.6 Å². The van der Waals surface area contributed by atoms with Crippen molar-refractivity contribution in [1.29, 1.82) is 0 Å². The van der Waals surface area contributed by atoms with Crippen molar-refractivity contribution in [2.24, 2.45) is 0 Å². The molecular formula is C23H27ClN6O2. The summed E-state index contributed by atoms with van der Waals surface area (Å²) in [5.74, 6) is 0.183. The van der Waals surface area contributed by atoms with Gasteiger partial charge in [0.15, 0.2) is 5.82 Å². The topological polar surface area (TPSA) is 86.3 Å². The number of carbonyl (C=O) groups excluding carboxylic acids is 2. The first kappa shape index (κ1) is 21.0. The highest BCUT2D eigenvalue weighted by Crippen LogP contribution is 2.39. The summed E-state index contributed by atoms with van der Waals surface area (Å²) in [6.07, 6.45) is 5.84. The molecular weight excluding hydrogens is 428 g/mol. The third-order valence-corrected chi connectivity index (χ3v) is 7.03. The van der Waals surface area contributed by atoms with Crippen LogP contribution in [-0.4, -0.2) is 61.7 Å². The highest BCUT2D eigenvalue weighted by atomic mass is 35.5. The van der Waals surface area contributed by atoms with Crippen LogP contribution in [0.5, 0.6) is 0 Å². The summed E-state index contributed by atoms with van der Waals surface area (Å²) in [4.78, 5) is 32.1. The molecule has 0 saturated carbocycles. The summed E-state index contributed by atoms with van der Waals surface area (Å²) in [6.45, 7) is 4.77. The van der Waals surface area contributed by atoms with Crippen molar-refractivity contribution in [3.63, 3.8) is 0 Å². The molecule has 0 radical (unpaired) electrons. The molecule has 2 saturated heterocycles. The van der Waals surface area contributed by atoms with Crippen molar-refractivity contribution in [1.82, 2.24) is 24.6 Å². The van der Waals surface area contributed by atoms with Gasteiger partial charge in [0.2, 0.25) is 5.91 Å². The molecule has 2 aliphatic rings. The Labute approximate surface area is 191 Å². The molecule has 2 amide bonds. The first-order valence-corrected chi connectivity index (χ1v) is 11.4. The summed E-state index contributed by atoms with van der Waals surface area (Å²) in [5.41, 5.74) is 2.44. The molecule has 2 fully saturated rings. The highest BCUT2D eigenvalue weighted by Gasteiger charge is 2.44. The van der Waals surface area contributed by atoms with E-state index in [1.54, 1.807) is 12.3 Å².